The minimum Gasteiger partial charge on any atom is -0.380 e. The summed E-state index contributed by atoms with van der Waals surface area (Å²) in [7, 11) is 1.56. The fraction of sp³-hybridized carbons (Fsp3) is 0.600. The molecule has 1 aromatic heterocycles. The van der Waals surface area contributed by atoms with Crippen LogP contribution in [0.3, 0.4) is 0 Å². The molecule has 72 valence electrons. The van der Waals surface area contributed by atoms with E-state index in [0.717, 1.165) is 0 Å². The summed E-state index contributed by atoms with van der Waals surface area (Å²) < 4.78 is 0.323. The van der Waals surface area contributed by atoms with E-state index in [4.69, 9.17) is 0 Å². The van der Waals surface area contributed by atoms with E-state index in [1.807, 2.05) is 0 Å². The van der Waals surface area contributed by atoms with Gasteiger partial charge in [-0.1, -0.05) is 0 Å². The van der Waals surface area contributed by atoms with Crippen molar-refractivity contribution >= 4 is 15.9 Å². The Morgan fingerprint density at radius 3 is 2.77 bits per heavy atom. The molecular formula is C5H7BrN4O3. The van der Waals surface area contributed by atoms with Crippen molar-refractivity contribution in [1.82, 2.24) is 15.0 Å². The van der Waals surface area contributed by atoms with Gasteiger partial charge in [-0.3, -0.25) is 10.1 Å². The van der Waals surface area contributed by atoms with Gasteiger partial charge in [0.1, 0.15) is 5.69 Å². The Morgan fingerprint density at radius 2 is 2.38 bits per heavy atom. The van der Waals surface area contributed by atoms with Gasteiger partial charge in [-0.05, 0) is 15.9 Å². The van der Waals surface area contributed by atoms with Crippen LogP contribution in [0.1, 0.15) is 11.8 Å². The fourth-order valence-corrected chi connectivity index (χ4v) is 1.40. The van der Waals surface area contributed by atoms with Crippen LogP contribution in [0, 0.1) is 10.1 Å². The van der Waals surface area contributed by atoms with E-state index < -0.39 is 17.6 Å². The molecule has 1 N–H and O–H groups in total. The standard InChI is InChI=1S/C5H7BrN4O3/c1-9-7-4(5(6)8-9)3(11)2-10(12)13/h3,11H,2H2,1H3. The Balaban J connectivity index is 2.81. The van der Waals surface area contributed by atoms with Crippen molar-refractivity contribution in [3.63, 3.8) is 0 Å². The summed E-state index contributed by atoms with van der Waals surface area (Å²) in [6.45, 7) is -0.572. The number of halogens is 1. The zero-order valence-electron chi connectivity index (χ0n) is 6.71. The van der Waals surface area contributed by atoms with Crippen LogP contribution in [0.5, 0.6) is 0 Å². The molecule has 8 heteroatoms. The molecule has 1 unspecified atom stereocenters. The molecule has 0 amide bonds. The first kappa shape index (κ1) is 10.1. The van der Waals surface area contributed by atoms with Gasteiger partial charge in [-0.2, -0.15) is 9.90 Å². The summed E-state index contributed by atoms with van der Waals surface area (Å²) in [4.78, 5) is 10.7. The summed E-state index contributed by atoms with van der Waals surface area (Å²) in [6.07, 6.45) is -1.22. The van der Waals surface area contributed by atoms with Gasteiger partial charge in [-0.15, -0.1) is 5.10 Å². The largest absolute Gasteiger partial charge is 0.380 e. The molecule has 0 aliphatic carbocycles. The number of hydrogen-bond acceptors (Lipinski definition) is 5. The van der Waals surface area contributed by atoms with E-state index >= 15 is 0 Å². The average molecular weight is 251 g/mol. The molecule has 0 fully saturated rings. The van der Waals surface area contributed by atoms with E-state index in [-0.39, 0.29) is 5.69 Å². The highest BCUT2D eigenvalue weighted by atomic mass is 79.9. The second-order valence-electron chi connectivity index (χ2n) is 2.40. The molecular weight excluding hydrogens is 244 g/mol. The number of nitrogens with zero attached hydrogens (tertiary/aromatic N) is 4. The van der Waals surface area contributed by atoms with Crippen molar-refractivity contribution in [1.29, 1.82) is 0 Å². The van der Waals surface area contributed by atoms with Gasteiger partial charge in [0, 0.05) is 12.0 Å². The molecule has 1 heterocycles. The van der Waals surface area contributed by atoms with Gasteiger partial charge >= 0.3 is 0 Å². The Bertz CT molecular complexity index is 326. The van der Waals surface area contributed by atoms with Gasteiger partial charge in [-0.25, -0.2) is 0 Å². The van der Waals surface area contributed by atoms with Crippen LogP contribution < -0.4 is 0 Å². The maximum atomic E-state index is 10.1. The fourth-order valence-electron chi connectivity index (χ4n) is 0.830. The SMILES string of the molecule is Cn1nc(Br)c(C(O)C[N+](=O)[O-])n1. The predicted molar refractivity (Wildman–Crippen MR) is 45.5 cm³/mol. The molecule has 0 aromatic carbocycles. The van der Waals surface area contributed by atoms with Crippen molar-refractivity contribution in [3.05, 3.63) is 20.4 Å². The molecule has 1 atom stereocenters. The van der Waals surface area contributed by atoms with E-state index in [1.54, 1.807) is 7.05 Å². The van der Waals surface area contributed by atoms with Gasteiger partial charge in [0.2, 0.25) is 6.54 Å². The molecule has 13 heavy (non-hydrogen) atoms. The highest BCUT2D eigenvalue weighted by Crippen LogP contribution is 2.18. The quantitative estimate of drug-likeness (QED) is 0.597. The van der Waals surface area contributed by atoms with E-state index in [0.29, 0.717) is 4.60 Å². The topological polar surface area (TPSA) is 94.1 Å². The minimum absolute atomic E-state index is 0.180. The van der Waals surface area contributed by atoms with Crippen LogP contribution in [-0.2, 0) is 7.05 Å². The number of aromatic nitrogens is 3. The highest BCUT2D eigenvalue weighted by Gasteiger charge is 2.21. The lowest BCUT2D eigenvalue weighted by molar-refractivity contribution is -0.491. The molecule has 0 spiro atoms. The Morgan fingerprint density at radius 1 is 1.77 bits per heavy atom. The zero-order valence-corrected chi connectivity index (χ0v) is 8.30. The number of aryl methyl sites for hydroxylation is 1. The number of aliphatic hydroxyl groups excluding tert-OH is 1. The highest BCUT2D eigenvalue weighted by molar-refractivity contribution is 9.10. The lowest BCUT2D eigenvalue weighted by Crippen LogP contribution is -2.13. The third-order valence-corrected chi connectivity index (χ3v) is 1.90. The Hall–Kier alpha value is -1.02. The van der Waals surface area contributed by atoms with Crippen molar-refractivity contribution < 1.29 is 10.0 Å². The van der Waals surface area contributed by atoms with Crippen LogP contribution in [-0.4, -0.2) is 31.6 Å². The number of rotatable bonds is 3. The monoisotopic (exact) mass is 250 g/mol. The maximum Gasteiger partial charge on any atom is 0.235 e. The molecule has 7 nitrogen and oxygen atoms in total. The summed E-state index contributed by atoms with van der Waals surface area (Å²) in [5.74, 6) is 0. The lowest BCUT2D eigenvalue weighted by Gasteiger charge is -2.00. The lowest BCUT2D eigenvalue weighted by atomic mass is 10.3. The summed E-state index contributed by atoms with van der Waals surface area (Å²) in [5.41, 5.74) is 0.180. The molecule has 0 aliphatic heterocycles. The molecule has 1 rings (SSSR count). The van der Waals surface area contributed by atoms with Gasteiger partial charge < -0.3 is 5.11 Å². The third-order valence-electron chi connectivity index (χ3n) is 1.33. The first-order valence-electron chi connectivity index (χ1n) is 3.37. The first-order valence-corrected chi connectivity index (χ1v) is 4.16. The smallest absolute Gasteiger partial charge is 0.235 e. The van der Waals surface area contributed by atoms with Gasteiger partial charge in [0.05, 0.1) is 0 Å². The van der Waals surface area contributed by atoms with Crippen LogP contribution >= 0.6 is 15.9 Å². The average Bonchev–Trinajstić information content (AvgIpc) is 2.28. The second kappa shape index (κ2) is 3.79. The third kappa shape index (κ3) is 2.46. The molecule has 0 aliphatic rings. The van der Waals surface area contributed by atoms with E-state index in [9.17, 15) is 15.2 Å². The summed E-state index contributed by atoms with van der Waals surface area (Å²) in [5, 5.41) is 26.9. The molecule has 0 saturated heterocycles. The predicted octanol–water partition coefficient (Wildman–Crippen LogP) is -0.112. The first-order chi connectivity index (χ1) is 6.00. The number of aliphatic hydroxyl groups is 1. The van der Waals surface area contributed by atoms with E-state index in [2.05, 4.69) is 26.1 Å². The van der Waals surface area contributed by atoms with Crippen LogP contribution in [0.25, 0.3) is 0 Å². The zero-order chi connectivity index (χ0) is 10.0. The van der Waals surface area contributed by atoms with Crippen LogP contribution in [0.4, 0.5) is 0 Å². The van der Waals surface area contributed by atoms with Crippen molar-refractivity contribution in [3.8, 4) is 0 Å². The molecule has 1 aromatic rings. The summed E-state index contributed by atoms with van der Waals surface area (Å²) >= 11 is 3.03. The second-order valence-corrected chi connectivity index (χ2v) is 3.15. The van der Waals surface area contributed by atoms with Crippen molar-refractivity contribution in [2.75, 3.05) is 6.54 Å². The minimum atomic E-state index is -1.22. The van der Waals surface area contributed by atoms with Crippen molar-refractivity contribution in [2.45, 2.75) is 6.10 Å². The number of nitro groups is 1. The van der Waals surface area contributed by atoms with Gasteiger partial charge in [0.25, 0.3) is 0 Å². The summed E-state index contributed by atoms with van der Waals surface area (Å²) in [6, 6.07) is 0. The van der Waals surface area contributed by atoms with Crippen LogP contribution in [0.15, 0.2) is 4.60 Å². The molecule has 0 bridgehead atoms. The van der Waals surface area contributed by atoms with Crippen molar-refractivity contribution in [2.24, 2.45) is 7.05 Å². The number of hydrogen-bond donors (Lipinski definition) is 1. The molecule has 0 saturated carbocycles. The van der Waals surface area contributed by atoms with Gasteiger partial charge in [0.15, 0.2) is 10.7 Å². The Kier molecular flexibility index (Phi) is 2.94. The Labute approximate surface area is 81.6 Å². The van der Waals surface area contributed by atoms with E-state index in [1.165, 1.54) is 4.80 Å². The molecule has 0 radical (unpaired) electrons. The normalized spacial score (nSPS) is 12.8. The maximum absolute atomic E-state index is 10.1. The van der Waals surface area contributed by atoms with Crippen LogP contribution in [0.2, 0.25) is 0 Å².